The molecule has 3 fully saturated rings. The molecule has 4 rings (SSSR count). The number of amides is 2. The number of carboxylic acid groups (broad SMARTS) is 1. The van der Waals surface area contributed by atoms with Crippen molar-refractivity contribution in [3.8, 4) is 0 Å². The number of aliphatic carboxylic acids is 1. The van der Waals surface area contributed by atoms with E-state index in [1.165, 1.54) is 4.90 Å². The van der Waals surface area contributed by atoms with Crippen LogP contribution < -0.4 is 9.80 Å². The van der Waals surface area contributed by atoms with Gasteiger partial charge in [-0.2, -0.15) is 0 Å². The molecular formula is C28H39N3O6. The van der Waals surface area contributed by atoms with Crippen LogP contribution in [0, 0.1) is 11.8 Å². The number of nitrogens with zero attached hydrogens (tertiary/aromatic N) is 3. The summed E-state index contributed by atoms with van der Waals surface area (Å²) in [6, 6.07) is 6.02. The van der Waals surface area contributed by atoms with Crippen LogP contribution in [0.5, 0.6) is 0 Å². The largest absolute Gasteiger partial charge is 0.481 e. The van der Waals surface area contributed by atoms with E-state index in [0.29, 0.717) is 24.9 Å². The molecule has 3 aliphatic heterocycles. The van der Waals surface area contributed by atoms with Gasteiger partial charge in [-0.05, 0) is 64.3 Å². The van der Waals surface area contributed by atoms with Crippen LogP contribution in [-0.2, 0) is 19.1 Å². The number of carbonyl (C=O) groups is 3. The van der Waals surface area contributed by atoms with Crippen molar-refractivity contribution < 1.29 is 29.3 Å². The van der Waals surface area contributed by atoms with E-state index in [-0.39, 0.29) is 19.1 Å². The number of carbonyl (C=O) groups excluding carboxylic acids is 2. The van der Waals surface area contributed by atoms with Gasteiger partial charge in [0.25, 0.3) is 5.91 Å². The van der Waals surface area contributed by atoms with Gasteiger partial charge in [0, 0.05) is 31.0 Å². The average Bonchev–Trinajstić information content (AvgIpc) is 3.45. The maximum absolute atomic E-state index is 14.4. The van der Waals surface area contributed by atoms with Crippen LogP contribution in [0.1, 0.15) is 47.0 Å². The quantitative estimate of drug-likeness (QED) is 0.438. The Labute approximate surface area is 218 Å². The van der Waals surface area contributed by atoms with Gasteiger partial charge in [-0.25, -0.2) is 0 Å². The van der Waals surface area contributed by atoms with Crippen molar-refractivity contribution >= 4 is 29.2 Å². The molecule has 3 heterocycles. The predicted molar refractivity (Wildman–Crippen MR) is 140 cm³/mol. The van der Waals surface area contributed by atoms with Gasteiger partial charge in [0.05, 0.1) is 30.1 Å². The summed E-state index contributed by atoms with van der Waals surface area (Å²) in [5.74, 6) is -3.90. The first-order valence-corrected chi connectivity index (χ1v) is 13.3. The fourth-order valence-electron chi connectivity index (χ4n) is 6.86. The zero-order valence-corrected chi connectivity index (χ0v) is 22.2. The Kier molecular flexibility index (Phi) is 7.41. The average molecular weight is 514 g/mol. The summed E-state index contributed by atoms with van der Waals surface area (Å²) in [6.45, 7) is 13.2. The Hall–Kier alpha value is -2.91. The maximum Gasteiger partial charge on any atom is 0.310 e. The number of aliphatic hydroxyl groups is 1. The molecular weight excluding hydrogens is 474 g/mol. The first-order chi connectivity index (χ1) is 17.6. The van der Waals surface area contributed by atoms with Gasteiger partial charge in [-0.15, -0.1) is 6.58 Å². The highest BCUT2D eigenvalue weighted by Crippen LogP contribution is 2.63. The Morgan fingerprint density at radius 2 is 1.81 bits per heavy atom. The molecule has 2 bridgehead atoms. The molecule has 202 valence electrons. The third kappa shape index (κ3) is 4.03. The fraction of sp³-hybridized carbons (Fsp3) is 0.607. The minimum absolute atomic E-state index is 0.207. The van der Waals surface area contributed by atoms with Crippen LogP contribution in [-0.4, -0.2) is 82.4 Å². The summed E-state index contributed by atoms with van der Waals surface area (Å²) in [5.41, 5.74) is -0.585. The molecule has 1 aromatic rings. The number of carboxylic acids is 1. The molecule has 0 saturated carbocycles. The van der Waals surface area contributed by atoms with Gasteiger partial charge in [0.1, 0.15) is 11.6 Å². The number of aliphatic hydroxyl groups excluding tert-OH is 1. The van der Waals surface area contributed by atoms with Gasteiger partial charge < -0.3 is 29.6 Å². The van der Waals surface area contributed by atoms with Crippen LogP contribution >= 0.6 is 0 Å². The Bertz CT molecular complexity index is 1050. The van der Waals surface area contributed by atoms with E-state index in [2.05, 4.69) is 25.3 Å². The Morgan fingerprint density at radius 1 is 1.19 bits per heavy atom. The van der Waals surface area contributed by atoms with Crippen molar-refractivity contribution in [2.75, 3.05) is 36.0 Å². The number of benzene rings is 1. The molecule has 37 heavy (non-hydrogen) atoms. The van der Waals surface area contributed by atoms with Crippen LogP contribution in [0.25, 0.3) is 0 Å². The van der Waals surface area contributed by atoms with Crippen LogP contribution in [0.3, 0.4) is 0 Å². The maximum atomic E-state index is 14.4. The van der Waals surface area contributed by atoms with E-state index in [0.717, 1.165) is 18.8 Å². The zero-order chi connectivity index (χ0) is 27.1. The highest BCUT2D eigenvalue weighted by molar-refractivity contribution is 6.05. The Morgan fingerprint density at radius 3 is 2.32 bits per heavy atom. The lowest BCUT2D eigenvalue weighted by molar-refractivity contribution is -0.155. The summed E-state index contributed by atoms with van der Waals surface area (Å²) in [6.07, 6.45) is 2.90. The van der Waals surface area contributed by atoms with Gasteiger partial charge in [0.15, 0.2) is 0 Å². The van der Waals surface area contributed by atoms with Crippen molar-refractivity contribution in [3.05, 3.63) is 36.9 Å². The number of likely N-dealkylation sites (tertiary alicyclic amines) is 1. The Balaban J connectivity index is 1.79. The van der Waals surface area contributed by atoms with Crippen LogP contribution in [0.15, 0.2) is 36.9 Å². The van der Waals surface area contributed by atoms with E-state index in [4.69, 9.17) is 4.74 Å². The minimum atomic E-state index is -1.25. The lowest BCUT2D eigenvalue weighted by Gasteiger charge is -2.39. The predicted octanol–water partition coefficient (Wildman–Crippen LogP) is 2.67. The van der Waals surface area contributed by atoms with Gasteiger partial charge in [-0.1, -0.05) is 13.0 Å². The molecule has 3 aliphatic rings. The topological polar surface area (TPSA) is 111 Å². The number of hydrogen-bond acceptors (Lipinski definition) is 6. The van der Waals surface area contributed by atoms with Crippen molar-refractivity contribution in [1.82, 2.24) is 4.90 Å². The normalized spacial score (nSPS) is 30.8. The summed E-state index contributed by atoms with van der Waals surface area (Å²) >= 11 is 0. The van der Waals surface area contributed by atoms with Gasteiger partial charge >= 0.3 is 5.97 Å². The van der Waals surface area contributed by atoms with Gasteiger partial charge in [-0.3, -0.25) is 14.4 Å². The SMILES string of the molecule is C=CCN(C(=O)C1N([C@@H](CC)CO)C(=O)[C@@H]2[C@@H](C(=O)O)[C@@]3(C)CCC12O3)c1ccc(N(CC)CC)cc1. The van der Waals surface area contributed by atoms with Crippen LogP contribution in [0.4, 0.5) is 11.4 Å². The summed E-state index contributed by atoms with van der Waals surface area (Å²) in [7, 11) is 0. The molecule has 2 amide bonds. The molecule has 9 nitrogen and oxygen atoms in total. The molecule has 1 aromatic carbocycles. The van der Waals surface area contributed by atoms with Gasteiger partial charge in [0.2, 0.25) is 5.91 Å². The summed E-state index contributed by atoms with van der Waals surface area (Å²) < 4.78 is 6.46. The van der Waals surface area contributed by atoms with Crippen molar-refractivity contribution in [2.45, 2.75) is 70.2 Å². The van der Waals surface area contributed by atoms with E-state index in [1.54, 1.807) is 17.9 Å². The minimum Gasteiger partial charge on any atom is -0.481 e. The van der Waals surface area contributed by atoms with Crippen molar-refractivity contribution in [3.63, 3.8) is 0 Å². The number of hydrogen-bond donors (Lipinski definition) is 2. The molecule has 9 heteroatoms. The second kappa shape index (κ2) is 10.1. The highest BCUT2D eigenvalue weighted by Gasteiger charge is 2.78. The number of rotatable bonds is 11. The summed E-state index contributed by atoms with van der Waals surface area (Å²) in [4.78, 5) is 45.9. The van der Waals surface area contributed by atoms with E-state index in [1.807, 2.05) is 31.2 Å². The second-order valence-electron chi connectivity index (χ2n) is 10.5. The second-order valence-corrected chi connectivity index (χ2v) is 10.5. The smallest absolute Gasteiger partial charge is 0.310 e. The molecule has 0 radical (unpaired) electrons. The third-order valence-corrected chi connectivity index (χ3v) is 8.66. The first-order valence-electron chi connectivity index (χ1n) is 13.3. The number of anilines is 2. The van der Waals surface area contributed by atoms with E-state index in [9.17, 15) is 24.6 Å². The molecule has 0 aromatic heterocycles. The molecule has 0 aliphatic carbocycles. The summed E-state index contributed by atoms with van der Waals surface area (Å²) in [5, 5.41) is 20.2. The first kappa shape index (κ1) is 27.1. The van der Waals surface area contributed by atoms with Crippen LogP contribution in [0.2, 0.25) is 0 Å². The molecule has 3 saturated heterocycles. The lowest BCUT2D eigenvalue weighted by atomic mass is 9.66. The fourth-order valence-corrected chi connectivity index (χ4v) is 6.86. The monoisotopic (exact) mass is 513 g/mol. The van der Waals surface area contributed by atoms with E-state index >= 15 is 0 Å². The third-order valence-electron chi connectivity index (χ3n) is 8.66. The number of fused-ring (bicyclic) bond motifs is 1. The zero-order valence-electron chi connectivity index (χ0n) is 22.2. The molecule has 6 atom stereocenters. The molecule has 2 N–H and O–H groups in total. The lowest BCUT2D eigenvalue weighted by Crippen LogP contribution is -2.59. The molecule has 1 spiro atoms. The van der Waals surface area contributed by atoms with Crippen molar-refractivity contribution in [1.29, 1.82) is 0 Å². The molecule has 2 unspecified atom stereocenters. The van der Waals surface area contributed by atoms with E-state index < -0.39 is 47.0 Å². The van der Waals surface area contributed by atoms with Crippen molar-refractivity contribution in [2.24, 2.45) is 11.8 Å². The highest BCUT2D eigenvalue weighted by atomic mass is 16.5. The number of ether oxygens (including phenoxy) is 1. The standard InChI is InChI=1S/C28H39N3O6/c1-6-16-30(20-12-10-19(11-13-20)29(8-3)9-4)25(34)23-28-15-14-27(5,37-28)22(26(35)36)21(28)24(33)31(23)18(7-2)17-32/h6,10-13,18,21-23,32H,1,7-9,14-17H2,2-5H3,(H,35,36)/t18-,21-,22-,23?,27+,28?/m0/s1.